The van der Waals surface area contributed by atoms with E-state index >= 15 is 0 Å². The van der Waals surface area contributed by atoms with Crippen molar-refractivity contribution in [1.29, 1.82) is 5.26 Å². The molecule has 5 aromatic rings. The third-order valence-electron chi connectivity index (χ3n) is 13.0. The Bertz CT molecular complexity index is 2730. The van der Waals surface area contributed by atoms with Crippen molar-refractivity contribution in [3.63, 3.8) is 0 Å². The summed E-state index contributed by atoms with van der Waals surface area (Å²) in [4.78, 5) is 59.4. The monoisotopic (exact) mass is 988 g/mol. The number of carbonyl (C=O) groups is 4. The predicted octanol–water partition coefficient (Wildman–Crippen LogP) is 7.78. The molecule has 7 rings (SSSR count). The minimum Gasteiger partial charge on any atom is -0.491 e. The van der Waals surface area contributed by atoms with Gasteiger partial charge >= 0.3 is 0 Å². The topological polar surface area (TPSA) is 215 Å². The lowest BCUT2D eigenvalue weighted by Crippen LogP contribution is -2.74. The zero-order valence-electron chi connectivity index (χ0n) is 41.2. The van der Waals surface area contributed by atoms with Gasteiger partial charge in [-0.15, -0.1) is 0 Å². The molecule has 17 heteroatoms. The van der Waals surface area contributed by atoms with Crippen LogP contribution < -0.4 is 30.2 Å². The number of aliphatic hydroxyl groups is 1. The zero-order valence-corrected chi connectivity index (χ0v) is 42.0. The van der Waals surface area contributed by atoms with Crippen molar-refractivity contribution in [1.82, 2.24) is 25.8 Å². The van der Waals surface area contributed by atoms with Gasteiger partial charge in [-0.05, 0) is 78.6 Å². The van der Waals surface area contributed by atoms with Crippen molar-refractivity contribution in [2.24, 2.45) is 16.2 Å². The lowest BCUT2D eigenvalue weighted by Gasteiger charge is -2.63. The van der Waals surface area contributed by atoms with Crippen LogP contribution in [0, 0.1) is 34.5 Å². The van der Waals surface area contributed by atoms with Gasteiger partial charge in [-0.3, -0.25) is 19.2 Å². The molecule has 16 nitrogen and oxygen atoms in total. The zero-order chi connectivity index (χ0) is 51.3. The third-order valence-corrected chi connectivity index (χ3v) is 13.4. The minimum atomic E-state index is -1.00. The number of benzene rings is 4. The Kier molecular flexibility index (Phi) is 15.8. The van der Waals surface area contributed by atoms with Gasteiger partial charge in [0.25, 0.3) is 5.91 Å². The normalized spacial score (nSPS) is 19.4. The van der Waals surface area contributed by atoms with Gasteiger partial charge in [-0.25, -0.2) is 4.98 Å². The highest BCUT2D eigenvalue weighted by Crippen LogP contribution is 2.55. The van der Waals surface area contributed by atoms with Gasteiger partial charge in [0, 0.05) is 53.6 Å². The number of ether oxygens (including phenoxy) is 4. The number of aromatic nitrogens is 1. The quantitative estimate of drug-likeness (QED) is 0.0620. The summed E-state index contributed by atoms with van der Waals surface area (Å²) in [5.74, 6) is 1.25. The highest BCUT2D eigenvalue weighted by atomic mass is 35.5. The van der Waals surface area contributed by atoms with Gasteiger partial charge in [0.2, 0.25) is 17.7 Å². The van der Waals surface area contributed by atoms with E-state index in [2.05, 4.69) is 27.0 Å². The Hall–Kier alpha value is -6.93. The summed E-state index contributed by atoms with van der Waals surface area (Å²) in [7, 11) is 0. The number of nitrogens with one attached hydrogen (secondary N) is 3. The van der Waals surface area contributed by atoms with E-state index < -0.39 is 52.2 Å². The summed E-state index contributed by atoms with van der Waals surface area (Å²) in [6, 6.07) is 26.3. The average Bonchev–Trinajstić information content (AvgIpc) is 3.95. The van der Waals surface area contributed by atoms with Gasteiger partial charge in [0.1, 0.15) is 60.5 Å². The van der Waals surface area contributed by atoms with E-state index in [9.17, 15) is 29.5 Å². The van der Waals surface area contributed by atoms with Gasteiger partial charge in [0.15, 0.2) is 12.2 Å². The first-order valence-electron chi connectivity index (χ1n) is 23.5. The van der Waals surface area contributed by atoms with Crippen molar-refractivity contribution in [2.75, 3.05) is 26.4 Å². The molecule has 71 heavy (non-hydrogen) atoms. The molecule has 1 aliphatic carbocycles. The summed E-state index contributed by atoms with van der Waals surface area (Å²) in [6.07, 6.45) is 0.329. The SMILES string of the molecule is Cc1ncoc1-c1ccc(CNC(=O)[C@@H]2C[C@@H](O)CN2C(=O)[C@@H](NC(=O)COCCOc2ccc(Oc3ccc(C(=O)N[C@H]4C(C)(C)[C@H](Oc5ccc(C#N)c(Cl)c5)C4(C)C)cc3)cc2)C(C)(C)C)cc1. The smallest absolute Gasteiger partial charge is 0.251 e. The molecule has 2 aliphatic rings. The van der Waals surface area contributed by atoms with Crippen LogP contribution in [0.2, 0.25) is 5.02 Å². The van der Waals surface area contributed by atoms with Crippen molar-refractivity contribution in [3.8, 4) is 40.4 Å². The molecular formula is C54H61ClN6O10. The maximum absolute atomic E-state index is 14.0. The van der Waals surface area contributed by atoms with E-state index in [-0.39, 0.29) is 57.4 Å². The standard InChI is InChI=1S/C54H61ClN6O10/c1-32-45(69-31-58-32)34-11-9-33(10-12-34)28-57-48(65)43-25-37(62)29-61(43)49(66)46(52(2,3)4)59-44(63)30-67-23-24-68-38-19-21-40(22-20-38)70-39-16-13-35(14-17-39)47(64)60-50-53(5,6)51(54(50,7)8)71-41-18-15-36(27-56)42(55)26-41/h9-22,26,31,37,43,46,50-51,62H,23-25,28-30H2,1-8H3,(H,57,65)(H,59,63)(H,60,64)/t37-,43+,46-,50-,51-/m1/s1. The Labute approximate surface area is 419 Å². The molecule has 1 saturated heterocycles. The molecule has 1 saturated carbocycles. The number of nitriles is 1. The molecule has 0 spiro atoms. The molecule has 1 aliphatic heterocycles. The van der Waals surface area contributed by atoms with Gasteiger partial charge < -0.3 is 49.3 Å². The first-order valence-corrected chi connectivity index (χ1v) is 23.8. The van der Waals surface area contributed by atoms with Crippen LogP contribution in [0.15, 0.2) is 102 Å². The number of β-amino-alcohol motifs (C(OH)–C–C–N with tert-alkyl or cyclic N) is 1. The van der Waals surface area contributed by atoms with Crippen LogP contribution in [0.4, 0.5) is 0 Å². The fourth-order valence-corrected chi connectivity index (χ4v) is 9.80. The summed E-state index contributed by atoms with van der Waals surface area (Å²) < 4.78 is 29.2. The summed E-state index contributed by atoms with van der Waals surface area (Å²) in [6.45, 7) is 15.5. The number of rotatable bonds is 18. The number of likely N-dealkylation sites (tertiary alicyclic amines) is 1. The van der Waals surface area contributed by atoms with Crippen LogP contribution >= 0.6 is 11.6 Å². The second-order valence-electron chi connectivity index (χ2n) is 20.2. The molecule has 0 bridgehead atoms. The van der Waals surface area contributed by atoms with Crippen LogP contribution in [0.5, 0.6) is 23.0 Å². The number of amides is 4. The maximum atomic E-state index is 14.0. The number of halogens is 1. The Morgan fingerprint density at radius 1 is 0.915 bits per heavy atom. The molecule has 1 aromatic heterocycles. The predicted molar refractivity (Wildman–Crippen MR) is 265 cm³/mol. The molecule has 0 unspecified atom stereocenters. The fraction of sp³-hybridized carbons (Fsp3) is 0.407. The highest BCUT2D eigenvalue weighted by molar-refractivity contribution is 6.31. The second-order valence-corrected chi connectivity index (χ2v) is 20.7. The average molecular weight is 990 g/mol. The van der Waals surface area contributed by atoms with E-state index in [1.807, 2.05) is 79.7 Å². The van der Waals surface area contributed by atoms with Crippen LogP contribution in [-0.4, -0.2) is 95.3 Å². The van der Waals surface area contributed by atoms with E-state index in [0.29, 0.717) is 44.9 Å². The van der Waals surface area contributed by atoms with Crippen LogP contribution in [0.3, 0.4) is 0 Å². The minimum absolute atomic E-state index is 0.0446. The Morgan fingerprint density at radius 2 is 1.55 bits per heavy atom. The number of nitrogens with zero attached hydrogens (tertiary/aromatic N) is 3. The van der Waals surface area contributed by atoms with Crippen molar-refractivity contribution in [2.45, 2.75) is 98.7 Å². The molecule has 4 amide bonds. The van der Waals surface area contributed by atoms with Crippen LogP contribution in [0.1, 0.15) is 82.1 Å². The number of hydrogen-bond acceptors (Lipinski definition) is 12. The molecule has 2 fully saturated rings. The number of carbonyl (C=O) groups excluding carboxylic acids is 4. The van der Waals surface area contributed by atoms with Gasteiger partial charge in [-0.2, -0.15) is 5.26 Å². The highest BCUT2D eigenvalue weighted by Gasteiger charge is 2.64. The van der Waals surface area contributed by atoms with Gasteiger partial charge in [0.05, 0.1) is 29.0 Å². The lowest BCUT2D eigenvalue weighted by atomic mass is 9.49. The largest absolute Gasteiger partial charge is 0.491 e. The summed E-state index contributed by atoms with van der Waals surface area (Å²) in [5, 5.41) is 29.0. The molecule has 3 atom stereocenters. The number of oxazole rings is 1. The van der Waals surface area contributed by atoms with Crippen molar-refractivity contribution >= 4 is 35.2 Å². The third kappa shape index (κ3) is 12.2. The van der Waals surface area contributed by atoms with E-state index in [4.69, 9.17) is 35.0 Å². The van der Waals surface area contributed by atoms with Crippen LogP contribution in [-0.2, 0) is 25.7 Å². The summed E-state index contributed by atoms with van der Waals surface area (Å²) >= 11 is 6.24. The molecular weight excluding hydrogens is 928 g/mol. The first kappa shape index (κ1) is 51.9. The van der Waals surface area contributed by atoms with Crippen molar-refractivity contribution < 1.29 is 47.6 Å². The Balaban J connectivity index is 0.823. The van der Waals surface area contributed by atoms with E-state index in [1.165, 1.54) is 11.3 Å². The maximum Gasteiger partial charge on any atom is 0.251 e. The lowest BCUT2D eigenvalue weighted by molar-refractivity contribution is -0.164. The number of aliphatic hydroxyl groups excluding tert-OH is 1. The number of aryl methyl sites for hydroxylation is 1. The summed E-state index contributed by atoms with van der Waals surface area (Å²) in [5.41, 5.74) is 1.76. The molecule has 2 heterocycles. The molecule has 4 aromatic carbocycles. The second kappa shape index (κ2) is 21.6. The van der Waals surface area contributed by atoms with Crippen LogP contribution in [0.25, 0.3) is 11.3 Å². The van der Waals surface area contributed by atoms with E-state index in [0.717, 1.165) is 16.8 Å². The number of hydrogen-bond donors (Lipinski definition) is 4. The van der Waals surface area contributed by atoms with E-state index in [1.54, 1.807) is 66.7 Å². The van der Waals surface area contributed by atoms with Crippen molar-refractivity contribution in [3.05, 3.63) is 125 Å². The molecule has 374 valence electrons. The van der Waals surface area contributed by atoms with Gasteiger partial charge in [-0.1, -0.05) is 84.3 Å². The molecule has 4 N–H and O–H groups in total. The first-order chi connectivity index (χ1) is 33.6. The molecule has 0 radical (unpaired) electrons. The Morgan fingerprint density at radius 3 is 2.15 bits per heavy atom. The fourth-order valence-electron chi connectivity index (χ4n) is 9.59.